The Labute approximate surface area is 172 Å². The van der Waals surface area contributed by atoms with Crippen LogP contribution < -0.4 is 10.2 Å². The molecular formula is C23H29N3O3. The molecular weight excluding hydrogens is 366 g/mol. The number of amides is 1. The number of rotatable bonds is 4. The number of hydrogen-bond donors (Lipinski definition) is 1. The number of carbonyl (C=O) groups is 1. The number of benzene rings is 1. The lowest BCUT2D eigenvalue weighted by Gasteiger charge is -2.38. The van der Waals surface area contributed by atoms with Crippen molar-refractivity contribution in [2.45, 2.75) is 45.3 Å². The second-order valence-electron chi connectivity index (χ2n) is 8.14. The molecule has 0 saturated carbocycles. The molecule has 2 aromatic rings. The van der Waals surface area contributed by atoms with E-state index in [9.17, 15) is 4.79 Å². The molecule has 6 nitrogen and oxygen atoms in total. The molecule has 1 spiro atoms. The van der Waals surface area contributed by atoms with E-state index in [-0.39, 0.29) is 5.91 Å². The number of hydrogen-bond acceptors (Lipinski definition) is 5. The van der Waals surface area contributed by atoms with Gasteiger partial charge >= 0.3 is 0 Å². The summed E-state index contributed by atoms with van der Waals surface area (Å²) in [6, 6.07) is 9.94. The van der Waals surface area contributed by atoms with Gasteiger partial charge in [-0.05, 0) is 36.1 Å². The van der Waals surface area contributed by atoms with Gasteiger partial charge < -0.3 is 19.7 Å². The van der Waals surface area contributed by atoms with Crippen molar-refractivity contribution in [3.05, 3.63) is 53.3 Å². The Bertz CT molecular complexity index is 881. The first-order valence-corrected chi connectivity index (χ1v) is 10.4. The Hall–Kier alpha value is -2.44. The van der Waals surface area contributed by atoms with Crippen molar-refractivity contribution in [1.29, 1.82) is 0 Å². The fourth-order valence-corrected chi connectivity index (χ4v) is 4.15. The van der Waals surface area contributed by atoms with E-state index in [0.29, 0.717) is 24.8 Å². The van der Waals surface area contributed by atoms with Crippen LogP contribution in [0.25, 0.3) is 0 Å². The minimum Gasteiger partial charge on any atom is -0.371 e. The number of para-hydroxylation sites is 1. The molecule has 0 unspecified atom stereocenters. The third-order valence-corrected chi connectivity index (χ3v) is 5.85. The van der Waals surface area contributed by atoms with E-state index in [2.05, 4.69) is 35.1 Å². The lowest BCUT2D eigenvalue weighted by atomic mass is 9.98. The SMILES string of the molecule is Cc1cccc(C(C)C)c1NC(=O)c1cc(N2CCC3(CC2)OCCO3)ccn1. The van der Waals surface area contributed by atoms with Gasteiger partial charge in [-0.2, -0.15) is 0 Å². The summed E-state index contributed by atoms with van der Waals surface area (Å²) in [7, 11) is 0. The summed E-state index contributed by atoms with van der Waals surface area (Å²) in [6.07, 6.45) is 3.37. The maximum atomic E-state index is 12.9. The third-order valence-electron chi connectivity index (χ3n) is 5.85. The summed E-state index contributed by atoms with van der Waals surface area (Å²) in [5.74, 6) is -0.258. The van der Waals surface area contributed by atoms with Crippen LogP contribution in [0.15, 0.2) is 36.5 Å². The van der Waals surface area contributed by atoms with Crippen molar-refractivity contribution < 1.29 is 14.3 Å². The zero-order valence-corrected chi connectivity index (χ0v) is 17.4. The van der Waals surface area contributed by atoms with Gasteiger partial charge in [0, 0.05) is 43.5 Å². The van der Waals surface area contributed by atoms with Gasteiger partial charge in [-0.3, -0.25) is 9.78 Å². The first-order chi connectivity index (χ1) is 14.0. The Balaban J connectivity index is 1.49. The third kappa shape index (κ3) is 4.14. The standard InChI is InChI=1S/C23H29N3O3/c1-16(2)19-6-4-5-17(3)21(19)25-22(27)20-15-18(7-10-24-20)26-11-8-23(9-12-26)28-13-14-29-23/h4-7,10,15-16H,8-9,11-14H2,1-3H3,(H,25,27). The van der Waals surface area contributed by atoms with Gasteiger partial charge in [-0.15, -0.1) is 0 Å². The maximum absolute atomic E-state index is 12.9. The van der Waals surface area contributed by atoms with Gasteiger partial charge in [0.2, 0.25) is 0 Å². The number of aromatic nitrogens is 1. The molecule has 29 heavy (non-hydrogen) atoms. The smallest absolute Gasteiger partial charge is 0.274 e. The number of ether oxygens (including phenoxy) is 2. The van der Waals surface area contributed by atoms with Crippen LogP contribution in [-0.2, 0) is 9.47 Å². The molecule has 0 atom stereocenters. The first-order valence-electron chi connectivity index (χ1n) is 10.4. The molecule has 2 fully saturated rings. The average Bonchev–Trinajstić information content (AvgIpc) is 3.18. The highest BCUT2D eigenvalue weighted by molar-refractivity contribution is 6.04. The zero-order chi connectivity index (χ0) is 20.4. The van der Waals surface area contributed by atoms with E-state index >= 15 is 0 Å². The monoisotopic (exact) mass is 395 g/mol. The van der Waals surface area contributed by atoms with Gasteiger partial charge in [-0.25, -0.2) is 0 Å². The van der Waals surface area contributed by atoms with Crippen molar-refractivity contribution in [3.8, 4) is 0 Å². The Kier molecular flexibility index (Phi) is 5.56. The highest BCUT2D eigenvalue weighted by atomic mass is 16.7. The number of nitrogens with one attached hydrogen (secondary N) is 1. The van der Waals surface area contributed by atoms with Crippen LogP contribution in [-0.4, -0.2) is 43.0 Å². The van der Waals surface area contributed by atoms with E-state index in [1.54, 1.807) is 6.20 Å². The molecule has 2 saturated heterocycles. The molecule has 0 bridgehead atoms. The van der Waals surface area contributed by atoms with Gasteiger partial charge in [0.05, 0.1) is 13.2 Å². The molecule has 3 heterocycles. The fourth-order valence-electron chi connectivity index (χ4n) is 4.15. The Morgan fingerprint density at radius 2 is 1.90 bits per heavy atom. The molecule has 2 aliphatic heterocycles. The molecule has 1 aromatic heterocycles. The summed E-state index contributed by atoms with van der Waals surface area (Å²) in [4.78, 5) is 19.5. The molecule has 0 radical (unpaired) electrons. The zero-order valence-electron chi connectivity index (χ0n) is 17.4. The predicted molar refractivity (Wildman–Crippen MR) is 114 cm³/mol. The highest BCUT2D eigenvalue weighted by Gasteiger charge is 2.39. The summed E-state index contributed by atoms with van der Waals surface area (Å²) in [5.41, 5.74) is 4.50. The van der Waals surface area contributed by atoms with Gasteiger partial charge in [-0.1, -0.05) is 32.0 Å². The molecule has 1 aromatic carbocycles. The summed E-state index contributed by atoms with van der Waals surface area (Å²) >= 11 is 0. The van der Waals surface area contributed by atoms with Crippen molar-refractivity contribution in [1.82, 2.24) is 4.98 Å². The van der Waals surface area contributed by atoms with E-state index in [1.807, 2.05) is 31.2 Å². The maximum Gasteiger partial charge on any atom is 0.274 e. The van der Waals surface area contributed by atoms with Crippen LogP contribution in [0, 0.1) is 6.92 Å². The second kappa shape index (κ2) is 8.13. The van der Waals surface area contributed by atoms with Crippen LogP contribution in [0.4, 0.5) is 11.4 Å². The number of anilines is 2. The number of aryl methyl sites for hydroxylation is 1. The summed E-state index contributed by atoms with van der Waals surface area (Å²) in [6.45, 7) is 9.30. The van der Waals surface area contributed by atoms with Crippen molar-refractivity contribution >= 4 is 17.3 Å². The lowest BCUT2D eigenvalue weighted by molar-refractivity contribution is -0.169. The minimum atomic E-state index is -0.401. The topological polar surface area (TPSA) is 63.7 Å². The van der Waals surface area contributed by atoms with Crippen molar-refractivity contribution in [2.24, 2.45) is 0 Å². The number of pyridine rings is 1. The van der Waals surface area contributed by atoms with Crippen LogP contribution in [0.5, 0.6) is 0 Å². The van der Waals surface area contributed by atoms with Crippen LogP contribution >= 0.6 is 0 Å². The van der Waals surface area contributed by atoms with Crippen LogP contribution in [0.2, 0.25) is 0 Å². The van der Waals surface area contributed by atoms with E-state index < -0.39 is 5.79 Å². The van der Waals surface area contributed by atoms with Crippen molar-refractivity contribution in [3.63, 3.8) is 0 Å². The molecule has 1 amide bonds. The fraction of sp³-hybridized carbons (Fsp3) is 0.478. The lowest BCUT2D eigenvalue weighted by Crippen LogP contribution is -2.45. The minimum absolute atomic E-state index is 0.181. The van der Waals surface area contributed by atoms with Gasteiger partial charge in [0.1, 0.15) is 5.69 Å². The molecule has 2 aliphatic rings. The summed E-state index contributed by atoms with van der Waals surface area (Å²) in [5, 5.41) is 3.09. The Morgan fingerprint density at radius 1 is 1.17 bits per heavy atom. The molecule has 4 rings (SSSR count). The number of piperidine rings is 1. The normalized spacial score (nSPS) is 18.4. The summed E-state index contributed by atoms with van der Waals surface area (Å²) < 4.78 is 11.6. The number of carbonyl (C=O) groups excluding carboxylic acids is 1. The van der Waals surface area contributed by atoms with Gasteiger partial charge in [0.25, 0.3) is 5.91 Å². The first kappa shape index (κ1) is 19.9. The van der Waals surface area contributed by atoms with E-state index in [1.165, 1.54) is 0 Å². The largest absolute Gasteiger partial charge is 0.371 e. The molecule has 1 N–H and O–H groups in total. The van der Waals surface area contributed by atoms with Gasteiger partial charge in [0.15, 0.2) is 5.79 Å². The molecule has 0 aliphatic carbocycles. The molecule has 154 valence electrons. The Morgan fingerprint density at radius 3 is 2.59 bits per heavy atom. The van der Waals surface area contributed by atoms with E-state index in [4.69, 9.17) is 9.47 Å². The number of nitrogens with zero attached hydrogens (tertiary/aromatic N) is 2. The predicted octanol–water partition coefficient (Wildman–Crippen LogP) is 4.11. The average molecular weight is 396 g/mol. The van der Waals surface area contributed by atoms with Crippen LogP contribution in [0.1, 0.15) is 54.2 Å². The van der Waals surface area contributed by atoms with Crippen LogP contribution in [0.3, 0.4) is 0 Å². The quantitative estimate of drug-likeness (QED) is 0.844. The second-order valence-corrected chi connectivity index (χ2v) is 8.14. The molecule has 6 heteroatoms. The highest BCUT2D eigenvalue weighted by Crippen LogP contribution is 2.33. The van der Waals surface area contributed by atoms with E-state index in [0.717, 1.165) is 48.4 Å². The van der Waals surface area contributed by atoms with Crippen molar-refractivity contribution in [2.75, 3.05) is 36.5 Å².